The van der Waals surface area contributed by atoms with E-state index in [-0.39, 0.29) is 0 Å². The third kappa shape index (κ3) is 1.94. The lowest BCUT2D eigenvalue weighted by atomic mass is 9.98. The Kier molecular flexibility index (Phi) is 2.72. The maximum Gasteiger partial charge on any atom is 0.163 e. The fourth-order valence-corrected chi connectivity index (χ4v) is 2.01. The van der Waals surface area contributed by atoms with Crippen LogP contribution in [0.4, 0.5) is 0 Å². The first-order valence-electron chi connectivity index (χ1n) is 5.55. The van der Waals surface area contributed by atoms with E-state index in [1.54, 1.807) is 4.68 Å². The van der Waals surface area contributed by atoms with Gasteiger partial charge in [-0.1, -0.05) is 6.07 Å². The Morgan fingerprint density at radius 2 is 1.71 bits per heavy atom. The molecule has 1 heterocycles. The second kappa shape index (κ2) is 4.06. The summed E-state index contributed by atoms with van der Waals surface area (Å²) in [6, 6.07) is 8.23. The van der Waals surface area contributed by atoms with Gasteiger partial charge in [-0.2, -0.15) is 10.4 Å². The molecule has 0 spiro atoms. The topological polar surface area (TPSA) is 41.6 Å². The lowest BCUT2D eigenvalue weighted by Gasteiger charge is -2.09. The average Bonchev–Trinajstić information content (AvgIpc) is 2.65. The number of aromatic nitrogens is 2. The SMILES string of the molecule is Cc1cc(C)c(-c2cc(C#N)nn2C)cc1C. The summed E-state index contributed by atoms with van der Waals surface area (Å²) < 4.78 is 1.76. The molecule has 0 unspecified atom stereocenters. The zero-order valence-electron chi connectivity index (χ0n) is 10.6. The molecule has 2 aromatic rings. The van der Waals surface area contributed by atoms with Crippen LogP contribution in [-0.4, -0.2) is 9.78 Å². The minimum absolute atomic E-state index is 0.458. The lowest BCUT2D eigenvalue weighted by Crippen LogP contribution is -1.96. The van der Waals surface area contributed by atoms with Crippen molar-refractivity contribution in [3.8, 4) is 17.3 Å². The Labute approximate surface area is 101 Å². The molecule has 0 saturated heterocycles. The molecule has 1 aromatic heterocycles. The molecule has 0 amide bonds. The van der Waals surface area contributed by atoms with Gasteiger partial charge in [-0.3, -0.25) is 4.68 Å². The van der Waals surface area contributed by atoms with Crippen LogP contribution in [0.3, 0.4) is 0 Å². The fourth-order valence-electron chi connectivity index (χ4n) is 2.01. The van der Waals surface area contributed by atoms with Gasteiger partial charge in [0.25, 0.3) is 0 Å². The van der Waals surface area contributed by atoms with Crippen molar-refractivity contribution in [2.45, 2.75) is 20.8 Å². The van der Waals surface area contributed by atoms with Crippen LogP contribution in [0.5, 0.6) is 0 Å². The highest BCUT2D eigenvalue weighted by atomic mass is 15.3. The molecule has 0 atom stereocenters. The van der Waals surface area contributed by atoms with Crippen LogP contribution in [0.15, 0.2) is 18.2 Å². The van der Waals surface area contributed by atoms with E-state index >= 15 is 0 Å². The Morgan fingerprint density at radius 1 is 1.06 bits per heavy atom. The minimum atomic E-state index is 0.458. The highest BCUT2D eigenvalue weighted by Crippen LogP contribution is 2.26. The van der Waals surface area contributed by atoms with Crippen LogP contribution in [0.25, 0.3) is 11.3 Å². The number of nitriles is 1. The van der Waals surface area contributed by atoms with Crippen molar-refractivity contribution in [1.29, 1.82) is 5.26 Å². The zero-order valence-corrected chi connectivity index (χ0v) is 10.6. The molecule has 0 radical (unpaired) electrons. The van der Waals surface area contributed by atoms with Gasteiger partial charge in [-0.05, 0) is 43.5 Å². The monoisotopic (exact) mass is 225 g/mol. The molecule has 0 bridgehead atoms. The van der Waals surface area contributed by atoms with Crippen LogP contribution in [0, 0.1) is 32.1 Å². The van der Waals surface area contributed by atoms with Crippen molar-refractivity contribution in [2.75, 3.05) is 0 Å². The van der Waals surface area contributed by atoms with E-state index in [2.05, 4.69) is 44.1 Å². The third-order valence-electron chi connectivity index (χ3n) is 3.11. The van der Waals surface area contributed by atoms with Crippen LogP contribution < -0.4 is 0 Å². The van der Waals surface area contributed by atoms with Crippen molar-refractivity contribution in [3.63, 3.8) is 0 Å². The Balaban J connectivity index is 2.64. The van der Waals surface area contributed by atoms with E-state index < -0.39 is 0 Å². The molecular formula is C14H15N3. The van der Waals surface area contributed by atoms with Gasteiger partial charge in [-0.15, -0.1) is 0 Å². The zero-order chi connectivity index (χ0) is 12.6. The van der Waals surface area contributed by atoms with Gasteiger partial charge in [0.1, 0.15) is 6.07 Å². The molecule has 0 saturated carbocycles. The first-order valence-corrected chi connectivity index (χ1v) is 5.55. The lowest BCUT2D eigenvalue weighted by molar-refractivity contribution is 0.770. The molecule has 86 valence electrons. The van der Waals surface area contributed by atoms with Crippen LogP contribution >= 0.6 is 0 Å². The third-order valence-corrected chi connectivity index (χ3v) is 3.11. The predicted octanol–water partition coefficient (Wildman–Crippen LogP) is 2.88. The first-order chi connectivity index (χ1) is 8.02. The quantitative estimate of drug-likeness (QED) is 0.748. The van der Waals surface area contributed by atoms with E-state index in [9.17, 15) is 0 Å². The normalized spacial score (nSPS) is 10.3. The number of benzene rings is 1. The second-order valence-electron chi connectivity index (χ2n) is 4.40. The molecule has 0 aliphatic heterocycles. The van der Waals surface area contributed by atoms with Gasteiger partial charge < -0.3 is 0 Å². The number of rotatable bonds is 1. The maximum absolute atomic E-state index is 8.86. The summed E-state index contributed by atoms with van der Waals surface area (Å²) in [4.78, 5) is 0. The molecule has 0 N–H and O–H groups in total. The molecule has 3 nitrogen and oxygen atoms in total. The predicted molar refractivity (Wildman–Crippen MR) is 67.6 cm³/mol. The van der Waals surface area contributed by atoms with E-state index in [1.165, 1.54) is 16.7 Å². The number of aryl methyl sites for hydroxylation is 4. The molecular weight excluding hydrogens is 210 g/mol. The fraction of sp³-hybridized carbons (Fsp3) is 0.286. The smallest absolute Gasteiger partial charge is 0.163 e. The van der Waals surface area contributed by atoms with Gasteiger partial charge in [-0.25, -0.2) is 0 Å². The standard InChI is InChI=1S/C14H15N3/c1-9-5-11(3)13(6-10(9)2)14-7-12(8-15)16-17(14)4/h5-7H,1-4H3. The number of hydrogen-bond donors (Lipinski definition) is 0. The van der Waals surface area contributed by atoms with Crippen molar-refractivity contribution in [2.24, 2.45) is 7.05 Å². The van der Waals surface area contributed by atoms with Crippen molar-refractivity contribution < 1.29 is 0 Å². The highest BCUT2D eigenvalue weighted by Gasteiger charge is 2.10. The second-order valence-corrected chi connectivity index (χ2v) is 4.40. The summed E-state index contributed by atoms with van der Waals surface area (Å²) >= 11 is 0. The molecule has 0 aliphatic carbocycles. The van der Waals surface area contributed by atoms with Gasteiger partial charge in [0.05, 0.1) is 5.69 Å². The first kappa shape index (κ1) is 11.4. The summed E-state index contributed by atoms with van der Waals surface area (Å²) in [6.45, 7) is 6.29. The van der Waals surface area contributed by atoms with Crippen molar-refractivity contribution >= 4 is 0 Å². The Bertz CT molecular complexity index is 615. The van der Waals surface area contributed by atoms with E-state index in [4.69, 9.17) is 5.26 Å². The van der Waals surface area contributed by atoms with Crippen molar-refractivity contribution in [1.82, 2.24) is 9.78 Å². The molecule has 0 fully saturated rings. The average molecular weight is 225 g/mol. The maximum atomic E-state index is 8.86. The molecule has 0 aliphatic rings. The van der Waals surface area contributed by atoms with E-state index in [1.807, 2.05) is 13.1 Å². The largest absolute Gasteiger partial charge is 0.267 e. The van der Waals surface area contributed by atoms with E-state index in [0.717, 1.165) is 11.3 Å². The minimum Gasteiger partial charge on any atom is -0.267 e. The molecule has 3 heteroatoms. The number of nitrogens with zero attached hydrogens (tertiary/aromatic N) is 3. The van der Waals surface area contributed by atoms with Gasteiger partial charge in [0.15, 0.2) is 5.69 Å². The van der Waals surface area contributed by atoms with Crippen LogP contribution in [0.1, 0.15) is 22.4 Å². The highest BCUT2D eigenvalue weighted by molar-refractivity contribution is 5.66. The number of hydrogen-bond acceptors (Lipinski definition) is 2. The van der Waals surface area contributed by atoms with Gasteiger partial charge in [0.2, 0.25) is 0 Å². The molecule has 2 rings (SSSR count). The van der Waals surface area contributed by atoms with Gasteiger partial charge in [0, 0.05) is 18.7 Å². The Hall–Kier alpha value is -2.08. The van der Waals surface area contributed by atoms with Crippen LogP contribution in [0.2, 0.25) is 0 Å². The van der Waals surface area contributed by atoms with Crippen molar-refractivity contribution in [3.05, 3.63) is 40.6 Å². The Morgan fingerprint density at radius 3 is 2.29 bits per heavy atom. The summed E-state index contributed by atoms with van der Waals surface area (Å²) in [5.41, 5.74) is 6.34. The summed E-state index contributed by atoms with van der Waals surface area (Å²) in [7, 11) is 1.87. The summed E-state index contributed by atoms with van der Waals surface area (Å²) in [5.74, 6) is 0. The van der Waals surface area contributed by atoms with Gasteiger partial charge >= 0.3 is 0 Å². The molecule has 1 aromatic carbocycles. The summed E-state index contributed by atoms with van der Waals surface area (Å²) in [5, 5.41) is 13.0. The van der Waals surface area contributed by atoms with Crippen LogP contribution in [-0.2, 0) is 7.05 Å². The molecule has 17 heavy (non-hydrogen) atoms. The summed E-state index contributed by atoms with van der Waals surface area (Å²) in [6.07, 6.45) is 0. The van der Waals surface area contributed by atoms with E-state index in [0.29, 0.717) is 5.69 Å².